The van der Waals surface area contributed by atoms with Crippen LogP contribution in [0.5, 0.6) is 0 Å². The molecule has 1 atom stereocenters. The number of benzene rings is 2. The molecule has 5 heteroatoms. The fourth-order valence-electron chi connectivity index (χ4n) is 3.90. The molecule has 1 unspecified atom stereocenters. The van der Waals surface area contributed by atoms with Crippen molar-refractivity contribution < 1.29 is 9.59 Å². The van der Waals surface area contributed by atoms with Crippen LogP contribution in [0.15, 0.2) is 84.5 Å². The largest absolute Gasteiger partial charge is 0.355 e. The maximum absolute atomic E-state index is 13.1. The van der Waals surface area contributed by atoms with Crippen LogP contribution in [0.25, 0.3) is 0 Å². The van der Waals surface area contributed by atoms with E-state index in [4.69, 9.17) is 5.73 Å². The van der Waals surface area contributed by atoms with Crippen molar-refractivity contribution in [3.05, 3.63) is 95.6 Å². The van der Waals surface area contributed by atoms with Gasteiger partial charge in [0, 0.05) is 25.9 Å². The Morgan fingerprint density at radius 3 is 2.06 bits per heavy atom. The maximum Gasteiger partial charge on any atom is 0.221 e. The Labute approximate surface area is 184 Å². The Balaban J connectivity index is 1.98. The molecule has 162 valence electrons. The first-order valence-corrected chi connectivity index (χ1v) is 10.8. The summed E-state index contributed by atoms with van der Waals surface area (Å²) in [5, 5.41) is 6.01. The van der Waals surface area contributed by atoms with Gasteiger partial charge < -0.3 is 16.4 Å². The lowest BCUT2D eigenvalue weighted by molar-refractivity contribution is -0.127. The Hall–Kier alpha value is -3.18. The topological polar surface area (TPSA) is 84.2 Å². The summed E-state index contributed by atoms with van der Waals surface area (Å²) in [5.41, 5.74) is 7.59. The van der Waals surface area contributed by atoms with Gasteiger partial charge in [-0.2, -0.15) is 0 Å². The molecule has 1 aliphatic rings. The molecule has 0 heterocycles. The second-order valence-corrected chi connectivity index (χ2v) is 7.90. The minimum atomic E-state index is -0.829. The maximum atomic E-state index is 13.1. The standard InChI is InChI=1S/C26H31N3O2/c1-20-12-14-23(15-13-20)26(21-8-4-2-5-9-21,22-10-6-3-7-11-22)29-25(31)17-16-24(30)28-19-18-27/h2-12,14-15,20H,13,16-19,27H2,1H3,(H,28,30)(H,29,31). The van der Waals surface area contributed by atoms with E-state index in [1.807, 2.05) is 60.7 Å². The van der Waals surface area contributed by atoms with Crippen LogP contribution in [0.3, 0.4) is 0 Å². The Kier molecular flexibility index (Phi) is 7.79. The van der Waals surface area contributed by atoms with Gasteiger partial charge in [-0.15, -0.1) is 0 Å². The SMILES string of the molecule is CC1C=CC(C(NC(=O)CCC(=O)NCCN)(c2ccccc2)c2ccccc2)=CC1. The highest BCUT2D eigenvalue weighted by molar-refractivity contribution is 5.85. The monoisotopic (exact) mass is 417 g/mol. The zero-order valence-electron chi connectivity index (χ0n) is 18.0. The number of allylic oxidation sites excluding steroid dienone is 2. The quantitative estimate of drug-likeness (QED) is 0.584. The predicted octanol–water partition coefficient (Wildman–Crippen LogP) is 3.42. The van der Waals surface area contributed by atoms with Crippen LogP contribution in [0, 0.1) is 5.92 Å². The van der Waals surface area contributed by atoms with Gasteiger partial charge in [0.2, 0.25) is 11.8 Å². The second kappa shape index (κ2) is 10.7. The highest BCUT2D eigenvalue weighted by atomic mass is 16.2. The van der Waals surface area contributed by atoms with E-state index < -0.39 is 5.54 Å². The summed E-state index contributed by atoms with van der Waals surface area (Å²) in [6, 6.07) is 20.0. The molecular formula is C26H31N3O2. The molecule has 0 bridgehead atoms. The van der Waals surface area contributed by atoms with Crippen LogP contribution in [-0.4, -0.2) is 24.9 Å². The zero-order chi connectivity index (χ0) is 22.1. The number of carbonyl (C=O) groups is 2. The molecule has 4 N–H and O–H groups in total. The lowest BCUT2D eigenvalue weighted by atomic mass is 9.74. The lowest BCUT2D eigenvalue weighted by Crippen LogP contribution is -2.48. The number of nitrogens with one attached hydrogen (secondary N) is 2. The van der Waals surface area contributed by atoms with E-state index in [-0.39, 0.29) is 24.7 Å². The summed E-state index contributed by atoms with van der Waals surface area (Å²) in [5.74, 6) is 0.106. The summed E-state index contributed by atoms with van der Waals surface area (Å²) in [4.78, 5) is 25.1. The van der Waals surface area contributed by atoms with E-state index in [2.05, 4.69) is 35.8 Å². The molecule has 2 amide bonds. The van der Waals surface area contributed by atoms with Crippen molar-refractivity contribution in [1.82, 2.24) is 10.6 Å². The van der Waals surface area contributed by atoms with Gasteiger partial charge in [-0.1, -0.05) is 85.8 Å². The molecule has 0 fully saturated rings. The van der Waals surface area contributed by atoms with E-state index in [1.54, 1.807) is 0 Å². The third-order valence-electron chi connectivity index (χ3n) is 5.53. The fraction of sp³-hybridized carbons (Fsp3) is 0.308. The molecule has 0 aliphatic heterocycles. The van der Waals surface area contributed by atoms with Gasteiger partial charge >= 0.3 is 0 Å². The minimum Gasteiger partial charge on any atom is -0.355 e. The smallest absolute Gasteiger partial charge is 0.221 e. The zero-order valence-corrected chi connectivity index (χ0v) is 18.0. The molecule has 0 aromatic heterocycles. The summed E-state index contributed by atoms with van der Waals surface area (Å²) in [6.45, 7) is 2.96. The van der Waals surface area contributed by atoms with Crippen molar-refractivity contribution in [2.24, 2.45) is 11.7 Å². The fourth-order valence-corrected chi connectivity index (χ4v) is 3.90. The first-order chi connectivity index (χ1) is 15.1. The van der Waals surface area contributed by atoms with Crippen molar-refractivity contribution >= 4 is 11.8 Å². The van der Waals surface area contributed by atoms with E-state index in [0.29, 0.717) is 19.0 Å². The predicted molar refractivity (Wildman–Crippen MR) is 124 cm³/mol. The number of hydrogen-bond acceptors (Lipinski definition) is 3. The summed E-state index contributed by atoms with van der Waals surface area (Å²) >= 11 is 0. The highest BCUT2D eigenvalue weighted by Gasteiger charge is 2.39. The molecule has 0 saturated carbocycles. The molecule has 1 aliphatic carbocycles. The number of hydrogen-bond donors (Lipinski definition) is 3. The molecule has 31 heavy (non-hydrogen) atoms. The summed E-state index contributed by atoms with van der Waals surface area (Å²) < 4.78 is 0. The molecular weight excluding hydrogens is 386 g/mol. The number of nitrogens with two attached hydrogens (primary N) is 1. The molecule has 3 rings (SSSR count). The van der Waals surface area contributed by atoms with E-state index in [0.717, 1.165) is 23.1 Å². The first-order valence-electron chi connectivity index (χ1n) is 10.8. The van der Waals surface area contributed by atoms with Crippen LogP contribution in [0.4, 0.5) is 0 Å². The van der Waals surface area contributed by atoms with E-state index >= 15 is 0 Å². The lowest BCUT2D eigenvalue weighted by Gasteiger charge is -2.39. The summed E-state index contributed by atoms with van der Waals surface area (Å²) in [7, 11) is 0. The van der Waals surface area contributed by atoms with Gasteiger partial charge in [-0.3, -0.25) is 9.59 Å². The molecule has 2 aromatic rings. The highest BCUT2D eigenvalue weighted by Crippen LogP contribution is 2.39. The Bertz CT molecular complexity index is 896. The van der Waals surface area contributed by atoms with Gasteiger partial charge in [-0.05, 0) is 29.0 Å². The normalized spacial score (nSPS) is 15.8. The van der Waals surface area contributed by atoms with E-state index in [9.17, 15) is 9.59 Å². The number of carbonyl (C=O) groups excluding carboxylic acids is 2. The van der Waals surface area contributed by atoms with Crippen LogP contribution in [0.2, 0.25) is 0 Å². The Morgan fingerprint density at radius 1 is 0.968 bits per heavy atom. The van der Waals surface area contributed by atoms with Crippen molar-refractivity contribution in [2.75, 3.05) is 13.1 Å². The van der Waals surface area contributed by atoms with Crippen molar-refractivity contribution in [3.63, 3.8) is 0 Å². The number of amides is 2. The van der Waals surface area contributed by atoms with Crippen LogP contribution in [-0.2, 0) is 15.1 Å². The van der Waals surface area contributed by atoms with Gasteiger partial charge in [0.05, 0.1) is 0 Å². The number of rotatable bonds is 9. The van der Waals surface area contributed by atoms with Crippen molar-refractivity contribution in [3.8, 4) is 0 Å². The molecule has 5 nitrogen and oxygen atoms in total. The third kappa shape index (κ3) is 5.50. The minimum absolute atomic E-state index is 0.102. The Morgan fingerprint density at radius 2 is 1.55 bits per heavy atom. The van der Waals surface area contributed by atoms with Crippen LogP contribution < -0.4 is 16.4 Å². The second-order valence-electron chi connectivity index (χ2n) is 7.90. The molecule has 2 aromatic carbocycles. The van der Waals surface area contributed by atoms with Gasteiger partial charge in [0.1, 0.15) is 5.54 Å². The first kappa shape index (κ1) is 22.5. The van der Waals surface area contributed by atoms with Gasteiger partial charge in [0.15, 0.2) is 0 Å². The molecule has 0 saturated heterocycles. The third-order valence-corrected chi connectivity index (χ3v) is 5.53. The van der Waals surface area contributed by atoms with Crippen molar-refractivity contribution in [2.45, 2.75) is 31.7 Å². The van der Waals surface area contributed by atoms with Crippen LogP contribution >= 0.6 is 0 Å². The summed E-state index contributed by atoms with van der Waals surface area (Å²) in [6.07, 6.45) is 7.64. The van der Waals surface area contributed by atoms with Crippen LogP contribution in [0.1, 0.15) is 37.3 Å². The molecule has 0 spiro atoms. The average molecular weight is 418 g/mol. The van der Waals surface area contributed by atoms with Gasteiger partial charge in [-0.25, -0.2) is 0 Å². The van der Waals surface area contributed by atoms with Crippen molar-refractivity contribution in [1.29, 1.82) is 0 Å². The van der Waals surface area contributed by atoms with Gasteiger partial charge in [0.25, 0.3) is 0 Å². The molecule has 0 radical (unpaired) electrons. The van der Waals surface area contributed by atoms with E-state index in [1.165, 1.54) is 0 Å². The average Bonchev–Trinajstić information content (AvgIpc) is 2.81.